The standard InChI is InChI=1S/C11H7FN2O6/c12-8-2-1-6(14(18)19)5-7(8)11(17)20-13-9(15)3-4-10(13)16/h1-2,5H,3-4H2. The Morgan fingerprint density at radius 3 is 2.45 bits per heavy atom. The van der Waals surface area contributed by atoms with Gasteiger partial charge in [-0.3, -0.25) is 19.7 Å². The summed E-state index contributed by atoms with van der Waals surface area (Å²) in [5.74, 6) is -3.86. The predicted octanol–water partition coefficient (Wildman–Crippen LogP) is 0.955. The summed E-state index contributed by atoms with van der Waals surface area (Å²) in [6, 6.07) is 2.27. The number of non-ortho nitro benzene ring substituents is 1. The van der Waals surface area contributed by atoms with E-state index in [1.807, 2.05) is 0 Å². The minimum Gasteiger partial charge on any atom is -0.325 e. The van der Waals surface area contributed by atoms with E-state index in [4.69, 9.17) is 0 Å². The average Bonchev–Trinajstić information content (AvgIpc) is 2.70. The number of hydroxylamine groups is 2. The molecule has 0 saturated carbocycles. The summed E-state index contributed by atoms with van der Waals surface area (Å²) in [6.07, 6.45) is -0.215. The minimum atomic E-state index is -1.35. The fourth-order valence-corrected chi connectivity index (χ4v) is 1.57. The molecule has 20 heavy (non-hydrogen) atoms. The highest BCUT2D eigenvalue weighted by Gasteiger charge is 2.34. The number of halogens is 1. The molecule has 1 aliphatic rings. The monoisotopic (exact) mass is 282 g/mol. The fourth-order valence-electron chi connectivity index (χ4n) is 1.57. The topological polar surface area (TPSA) is 107 Å². The van der Waals surface area contributed by atoms with Gasteiger partial charge in [0, 0.05) is 25.0 Å². The van der Waals surface area contributed by atoms with Crippen LogP contribution in [0.5, 0.6) is 0 Å². The molecule has 1 fully saturated rings. The molecular weight excluding hydrogens is 275 g/mol. The fraction of sp³-hybridized carbons (Fsp3) is 0.182. The van der Waals surface area contributed by atoms with Crippen LogP contribution in [-0.2, 0) is 14.4 Å². The first kappa shape index (κ1) is 13.6. The van der Waals surface area contributed by atoms with Gasteiger partial charge in [-0.15, -0.1) is 5.06 Å². The third kappa shape index (κ3) is 2.46. The lowest BCUT2D eigenvalue weighted by Crippen LogP contribution is -2.32. The second kappa shape index (κ2) is 5.03. The second-order valence-corrected chi connectivity index (χ2v) is 3.88. The first-order valence-corrected chi connectivity index (χ1v) is 5.42. The Bertz CT molecular complexity index is 613. The third-order valence-corrected chi connectivity index (χ3v) is 2.56. The van der Waals surface area contributed by atoms with Crippen molar-refractivity contribution in [2.45, 2.75) is 12.8 Å². The number of hydrogen-bond donors (Lipinski definition) is 0. The highest BCUT2D eigenvalue weighted by atomic mass is 19.1. The van der Waals surface area contributed by atoms with Crippen molar-refractivity contribution in [1.82, 2.24) is 5.06 Å². The Morgan fingerprint density at radius 2 is 1.90 bits per heavy atom. The summed E-state index contributed by atoms with van der Waals surface area (Å²) in [4.78, 5) is 48.3. The van der Waals surface area contributed by atoms with E-state index in [-0.39, 0.29) is 17.9 Å². The molecule has 1 saturated heterocycles. The number of amides is 2. The van der Waals surface area contributed by atoms with Gasteiger partial charge in [0.05, 0.1) is 4.92 Å². The van der Waals surface area contributed by atoms with Crippen LogP contribution in [0.15, 0.2) is 18.2 Å². The smallest absolute Gasteiger partial charge is 0.325 e. The molecule has 1 aromatic carbocycles. The van der Waals surface area contributed by atoms with Gasteiger partial charge in [-0.1, -0.05) is 0 Å². The van der Waals surface area contributed by atoms with Gasteiger partial charge in [-0.25, -0.2) is 9.18 Å². The maximum Gasteiger partial charge on any atom is 0.367 e. The van der Waals surface area contributed by atoms with E-state index in [0.29, 0.717) is 6.07 Å². The molecule has 1 heterocycles. The van der Waals surface area contributed by atoms with Crippen LogP contribution >= 0.6 is 0 Å². The molecule has 0 spiro atoms. The Kier molecular flexibility index (Phi) is 3.42. The van der Waals surface area contributed by atoms with Crippen molar-refractivity contribution in [1.29, 1.82) is 0 Å². The molecule has 2 rings (SSSR count). The zero-order chi connectivity index (χ0) is 14.9. The Morgan fingerprint density at radius 1 is 1.30 bits per heavy atom. The molecule has 0 unspecified atom stereocenters. The van der Waals surface area contributed by atoms with E-state index < -0.39 is 39.8 Å². The Balaban J connectivity index is 2.25. The number of carbonyl (C=O) groups excluding carboxylic acids is 3. The number of benzene rings is 1. The van der Waals surface area contributed by atoms with Crippen molar-refractivity contribution in [2.24, 2.45) is 0 Å². The summed E-state index contributed by atoms with van der Waals surface area (Å²) in [5, 5.41) is 10.8. The second-order valence-electron chi connectivity index (χ2n) is 3.88. The van der Waals surface area contributed by atoms with Gasteiger partial charge in [-0.05, 0) is 6.07 Å². The number of nitrogens with zero attached hydrogens (tertiary/aromatic N) is 2. The van der Waals surface area contributed by atoms with Gasteiger partial charge in [0.25, 0.3) is 17.5 Å². The molecule has 9 heteroatoms. The molecule has 2 amide bonds. The summed E-state index contributed by atoms with van der Waals surface area (Å²) in [6.45, 7) is 0. The van der Waals surface area contributed by atoms with Crippen LogP contribution in [0.4, 0.5) is 10.1 Å². The van der Waals surface area contributed by atoms with E-state index in [1.54, 1.807) is 0 Å². The molecule has 0 bridgehead atoms. The molecular formula is C11H7FN2O6. The average molecular weight is 282 g/mol. The molecule has 0 N–H and O–H groups in total. The summed E-state index contributed by atoms with van der Waals surface area (Å²) < 4.78 is 13.4. The quantitative estimate of drug-likeness (QED) is 0.464. The summed E-state index contributed by atoms with van der Waals surface area (Å²) in [7, 11) is 0. The maximum absolute atomic E-state index is 13.4. The maximum atomic E-state index is 13.4. The van der Waals surface area contributed by atoms with Crippen molar-refractivity contribution in [3.8, 4) is 0 Å². The number of carbonyl (C=O) groups is 3. The number of imide groups is 1. The van der Waals surface area contributed by atoms with Crippen LogP contribution in [0.3, 0.4) is 0 Å². The first-order valence-electron chi connectivity index (χ1n) is 5.42. The molecule has 0 atom stereocenters. The number of nitro benzene ring substituents is 1. The molecule has 0 aliphatic carbocycles. The van der Waals surface area contributed by atoms with Crippen molar-refractivity contribution in [3.05, 3.63) is 39.7 Å². The van der Waals surface area contributed by atoms with Gasteiger partial charge < -0.3 is 4.84 Å². The summed E-state index contributed by atoms with van der Waals surface area (Å²) in [5.41, 5.74) is -1.25. The molecule has 1 aromatic rings. The van der Waals surface area contributed by atoms with E-state index in [9.17, 15) is 28.9 Å². The van der Waals surface area contributed by atoms with Crippen molar-refractivity contribution in [2.75, 3.05) is 0 Å². The largest absolute Gasteiger partial charge is 0.367 e. The van der Waals surface area contributed by atoms with E-state index in [0.717, 1.165) is 12.1 Å². The lowest BCUT2D eigenvalue weighted by Gasteiger charge is -2.12. The van der Waals surface area contributed by atoms with Crippen LogP contribution in [0.25, 0.3) is 0 Å². The number of nitro groups is 1. The van der Waals surface area contributed by atoms with E-state index in [1.165, 1.54) is 0 Å². The molecule has 0 aromatic heterocycles. The van der Waals surface area contributed by atoms with Crippen LogP contribution < -0.4 is 0 Å². The molecule has 1 aliphatic heterocycles. The lowest BCUT2D eigenvalue weighted by molar-refractivity contribution is -0.384. The zero-order valence-corrected chi connectivity index (χ0v) is 9.87. The van der Waals surface area contributed by atoms with Gasteiger partial charge in [-0.2, -0.15) is 0 Å². The highest BCUT2D eigenvalue weighted by molar-refractivity contribution is 6.02. The first-order chi connectivity index (χ1) is 9.40. The zero-order valence-electron chi connectivity index (χ0n) is 9.87. The minimum absolute atomic E-state index is 0.108. The van der Waals surface area contributed by atoms with E-state index in [2.05, 4.69) is 4.84 Å². The van der Waals surface area contributed by atoms with Gasteiger partial charge in [0.15, 0.2) is 0 Å². The van der Waals surface area contributed by atoms with Crippen LogP contribution in [0.1, 0.15) is 23.2 Å². The van der Waals surface area contributed by atoms with Crippen LogP contribution in [0, 0.1) is 15.9 Å². The van der Waals surface area contributed by atoms with Crippen LogP contribution in [0.2, 0.25) is 0 Å². The van der Waals surface area contributed by atoms with Crippen LogP contribution in [-0.4, -0.2) is 27.8 Å². The predicted molar refractivity (Wildman–Crippen MR) is 59.6 cm³/mol. The van der Waals surface area contributed by atoms with Gasteiger partial charge in [0.2, 0.25) is 0 Å². The number of rotatable bonds is 3. The molecule has 104 valence electrons. The van der Waals surface area contributed by atoms with Crippen molar-refractivity contribution in [3.63, 3.8) is 0 Å². The third-order valence-electron chi connectivity index (χ3n) is 2.56. The van der Waals surface area contributed by atoms with Crippen molar-refractivity contribution < 1.29 is 28.5 Å². The summed E-state index contributed by atoms with van der Waals surface area (Å²) >= 11 is 0. The molecule has 0 radical (unpaired) electrons. The Hall–Kier alpha value is -2.84. The normalized spacial score (nSPS) is 14.6. The van der Waals surface area contributed by atoms with Gasteiger partial charge >= 0.3 is 5.97 Å². The number of hydrogen-bond acceptors (Lipinski definition) is 6. The SMILES string of the molecule is O=C(ON1C(=O)CCC1=O)c1cc([N+](=O)[O-])ccc1F. The van der Waals surface area contributed by atoms with Crippen molar-refractivity contribution >= 4 is 23.5 Å². The van der Waals surface area contributed by atoms with Gasteiger partial charge in [0.1, 0.15) is 11.4 Å². The molecule has 8 nitrogen and oxygen atoms in total. The van der Waals surface area contributed by atoms with E-state index >= 15 is 0 Å². The Labute approximate surface area is 110 Å². The lowest BCUT2D eigenvalue weighted by atomic mass is 10.2. The highest BCUT2D eigenvalue weighted by Crippen LogP contribution is 2.20.